The molecule has 2 N–H and O–H groups in total. The summed E-state index contributed by atoms with van der Waals surface area (Å²) in [5.74, 6) is 0.307. The van der Waals surface area contributed by atoms with E-state index in [4.69, 9.17) is 5.11 Å². The lowest BCUT2D eigenvalue weighted by Crippen LogP contribution is -2.39. The van der Waals surface area contributed by atoms with Crippen molar-refractivity contribution in [2.45, 2.75) is 25.7 Å². The molecular formula is C14H24N2O3S. The first-order valence-electron chi connectivity index (χ1n) is 6.84. The standard InChI is InChI=1S/C14H24N2O3S/c1-13(14-7-4-3-5-8-14)9-10-15-20(18,19)16(2)11-6-12-17/h3-5,7-8,13,15,17H,6,9-12H2,1-2H3. The van der Waals surface area contributed by atoms with Crippen LogP contribution in [0.5, 0.6) is 0 Å². The van der Waals surface area contributed by atoms with E-state index in [1.807, 2.05) is 30.3 Å². The molecule has 0 saturated carbocycles. The smallest absolute Gasteiger partial charge is 0.279 e. The molecule has 1 rings (SSSR count). The Morgan fingerprint density at radius 3 is 2.55 bits per heavy atom. The van der Waals surface area contributed by atoms with Crippen molar-refractivity contribution >= 4 is 10.2 Å². The van der Waals surface area contributed by atoms with Crippen molar-refractivity contribution < 1.29 is 13.5 Å². The third-order valence-corrected chi connectivity index (χ3v) is 4.84. The molecule has 0 amide bonds. The Morgan fingerprint density at radius 2 is 1.95 bits per heavy atom. The first-order chi connectivity index (χ1) is 9.47. The average Bonchev–Trinajstić information content (AvgIpc) is 2.45. The first kappa shape index (κ1) is 17.1. The Bertz CT molecular complexity index is 476. The maximum absolute atomic E-state index is 11.9. The van der Waals surface area contributed by atoms with Gasteiger partial charge in [-0.3, -0.25) is 0 Å². The van der Waals surface area contributed by atoms with E-state index in [1.54, 1.807) is 0 Å². The summed E-state index contributed by atoms with van der Waals surface area (Å²) >= 11 is 0. The van der Waals surface area contributed by atoms with Crippen molar-refractivity contribution in [2.75, 3.05) is 26.7 Å². The van der Waals surface area contributed by atoms with Gasteiger partial charge in [0.1, 0.15) is 0 Å². The number of aliphatic hydroxyl groups excluding tert-OH is 1. The highest BCUT2D eigenvalue weighted by atomic mass is 32.2. The Balaban J connectivity index is 2.39. The van der Waals surface area contributed by atoms with Crippen LogP contribution in [0.2, 0.25) is 0 Å². The van der Waals surface area contributed by atoms with Gasteiger partial charge < -0.3 is 5.11 Å². The van der Waals surface area contributed by atoms with Crippen LogP contribution in [0.1, 0.15) is 31.2 Å². The number of hydrogen-bond acceptors (Lipinski definition) is 3. The highest BCUT2D eigenvalue weighted by Gasteiger charge is 2.16. The number of aliphatic hydroxyl groups is 1. The SMILES string of the molecule is CC(CCNS(=O)(=O)N(C)CCCO)c1ccccc1. The molecule has 6 heteroatoms. The van der Waals surface area contributed by atoms with E-state index in [1.165, 1.54) is 16.9 Å². The lowest BCUT2D eigenvalue weighted by molar-refractivity contribution is 0.275. The van der Waals surface area contributed by atoms with E-state index in [0.717, 1.165) is 6.42 Å². The fourth-order valence-corrected chi connectivity index (χ4v) is 2.84. The molecule has 0 bridgehead atoms. The van der Waals surface area contributed by atoms with Gasteiger partial charge in [-0.25, -0.2) is 4.72 Å². The van der Waals surface area contributed by atoms with E-state index >= 15 is 0 Å². The van der Waals surface area contributed by atoms with Gasteiger partial charge in [-0.1, -0.05) is 37.3 Å². The van der Waals surface area contributed by atoms with Gasteiger partial charge in [0.2, 0.25) is 0 Å². The number of rotatable bonds is 9. The fraction of sp³-hybridized carbons (Fsp3) is 0.571. The van der Waals surface area contributed by atoms with Gasteiger partial charge in [-0.2, -0.15) is 12.7 Å². The Kier molecular flexibility index (Phi) is 7.15. The van der Waals surface area contributed by atoms with Gasteiger partial charge in [0.05, 0.1) is 0 Å². The van der Waals surface area contributed by atoms with Gasteiger partial charge in [-0.05, 0) is 24.3 Å². The van der Waals surface area contributed by atoms with Crippen LogP contribution in [0.25, 0.3) is 0 Å². The summed E-state index contributed by atoms with van der Waals surface area (Å²) in [6.45, 7) is 2.80. The van der Waals surface area contributed by atoms with Gasteiger partial charge in [0.25, 0.3) is 10.2 Å². The van der Waals surface area contributed by atoms with E-state index in [2.05, 4.69) is 11.6 Å². The molecule has 20 heavy (non-hydrogen) atoms. The first-order valence-corrected chi connectivity index (χ1v) is 8.28. The number of hydrogen-bond donors (Lipinski definition) is 2. The van der Waals surface area contributed by atoms with Gasteiger partial charge in [-0.15, -0.1) is 0 Å². The zero-order chi connectivity index (χ0) is 15.0. The molecule has 0 aromatic heterocycles. The lowest BCUT2D eigenvalue weighted by atomic mass is 9.98. The van der Waals surface area contributed by atoms with Gasteiger partial charge >= 0.3 is 0 Å². The zero-order valence-electron chi connectivity index (χ0n) is 12.1. The second-order valence-electron chi connectivity index (χ2n) is 4.90. The summed E-state index contributed by atoms with van der Waals surface area (Å²) in [7, 11) is -1.93. The zero-order valence-corrected chi connectivity index (χ0v) is 12.9. The molecule has 0 fully saturated rings. The van der Waals surface area contributed by atoms with Crippen molar-refractivity contribution in [2.24, 2.45) is 0 Å². The second kappa shape index (κ2) is 8.36. The van der Waals surface area contributed by atoms with Crippen molar-refractivity contribution in [1.82, 2.24) is 9.03 Å². The molecule has 0 aliphatic heterocycles. The predicted molar refractivity (Wildman–Crippen MR) is 80.7 cm³/mol. The maximum atomic E-state index is 11.9. The second-order valence-corrected chi connectivity index (χ2v) is 6.76. The summed E-state index contributed by atoms with van der Waals surface area (Å²) in [4.78, 5) is 0. The summed E-state index contributed by atoms with van der Waals surface area (Å²) < 4.78 is 27.6. The normalized spacial score (nSPS) is 13.6. The minimum absolute atomic E-state index is 0.00903. The highest BCUT2D eigenvalue weighted by molar-refractivity contribution is 7.87. The Labute approximate surface area is 121 Å². The largest absolute Gasteiger partial charge is 0.396 e. The van der Waals surface area contributed by atoms with Crippen LogP contribution < -0.4 is 4.72 Å². The quantitative estimate of drug-likeness (QED) is 0.723. The molecule has 0 aliphatic carbocycles. The molecule has 0 spiro atoms. The summed E-state index contributed by atoms with van der Waals surface area (Å²) in [6.07, 6.45) is 1.19. The molecule has 1 atom stereocenters. The molecule has 0 heterocycles. The van der Waals surface area contributed by atoms with Crippen LogP contribution in [0.4, 0.5) is 0 Å². The number of nitrogens with one attached hydrogen (secondary N) is 1. The predicted octanol–water partition coefficient (Wildman–Crippen LogP) is 1.33. The van der Waals surface area contributed by atoms with Crippen molar-refractivity contribution in [3.05, 3.63) is 35.9 Å². The molecule has 114 valence electrons. The summed E-state index contributed by atoms with van der Waals surface area (Å²) in [5.41, 5.74) is 1.21. The van der Waals surface area contributed by atoms with E-state index in [-0.39, 0.29) is 6.61 Å². The molecule has 5 nitrogen and oxygen atoms in total. The third kappa shape index (κ3) is 5.58. The monoisotopic (exact) mass is 300 g/mol. The van der Waals surface area contributed by atoms with Crippen molar-refractivity contribution in [3.8, 4) is 0 Å². The van der Waals surface area contributed by atoms with E-state index in [0.29, 0.717) is 25.4 Å². The van der Waals surface area contributed by atoms with Crippen LogP contribution in [-0.2, 0) is 10.2 Å². The molecule has 0 saturated heterocycles. The van der Waals surface area contributed by atoms with Crippen LogP contribution in [0, 0.1) is 0 Å². The van der Waals surface area contributed by atoms with Crippen LogP contribution in [0.15, 0.2) is 30.3 Å². The number of benzene rings is 1. The lowest BCUT2D eigenvalue weighted by Gasteiger charge is -2.18. The van der Waals surface area contributed by atoms with Crippen LogP contribution >= 0.6 is 0 Å². The molecule has 1 unspecified atom stereocenters. The summed E-state index contributed by atoms with van der Waals surface area (Å²) in [6, 6.07) is 10.0. The third-order valence-electron chi connectivity index (χ3n) is 3.27. The van der Waals surface area contributed by atoms with Gasteiger partial charge in [0.15, 0.2) is 0 Å². The molecular weight excluding hydrogens is 276 g/mol. The van der Waals surface area contributed by atoms with Crippen molar-refractivity contribution in [3.63, 3.8) is 0 Å². The minimum Gasteiger partial charge on any atom is -0.396 e. The Hall–Kier alpha value is -0.950. The van der Waals surface area contributed by atoms with E-state index in [9.17, 15) is 8.42 Å². The fourth-order valence-electron chi connectivity index (χ4n) is 1.88. The van der Waals surface area contributed by atoms with Crippen molar-refractivity contribution in [1.29, 1.82) is 0 Å². The topological polar surface area (TPSA) is 69.6 Å². The molecule has 0 aliphatic rings. The molecule has 0 radical (unpaired) electrons. The number of nitrogens with zero attached hydrogens (tertiary/aromatic N) is 1. The molecule has 1 aromatic rings. The average molecular weight is 300 g/mol. The Morgan fingerprint density at radius 1 is 1.30 bits per heavy atom. The maximum Gasteiger partial charge on any atom is 0.279 e. The minimum atomic E-state index is -3.44. The van der Waals surface area contributed by atoms with Crippen LogP contribution in [-0.4, -0.2) is 44.6 Å². The van der Waals surface area contributed by atoms with Crippen LogP contribution in [0.3, 0.4) is 0 Å². The molecule has 1 aromatic carbocycles. The highest BCUT2D eigenvalue weighted by Crippen LogP contribution is 2.17. The van der Waals surface area contributed by atoms with Gasteiger partial charge in [0, 0.05) is 26.7 Å². The van der Waals surface area contributed by atoms with E-state index < -0.39 is 10.2 Å². The summed E-state index contributed by atoms with van der Waals surface area (Å²) in [5, 5.41) is 8.71.